The van der Waals surface area contributed by atoms with E-state index >= 15 is 0 Å². The molecule has 0 unspecified atom stereocenters. The van der Waals surface area contributed by atoms with Crippen LogP contribution in [0.5, 0.6) is 0 Å². The zero-order chi connectivity index (χ0) is 9.16. The second kappa shape index (κ2) is 2.01. The third-order valence-corrected chi connectivity index (χ3v) is 3.45. The van der Waals surface area contributed by atoms with Crippen LogP contribution in [0.3, 0.4) is 0 Å². The molecule has 3 rings (SSSR count). The van der Waals surface area contributed by atoms with Crippen LogP contribution in [0.2, 0.25) is 0 Å². The van der Waals surface area contributed by atoms with E-state index in [1.165, 1.54) is 0 Å². The number of amides is 2. The van der Waals surface area contributed by atoms with E-state index in [9.17, 15) is 9.59 Å². The molecule has 1 heterocycles. The fraction of sp³-hybridized carbons (Fsp3) is 0.556. The molecule has 4 heteroatoms. The Morgan fingerprint density at radius 3 is 2.08 bits per heavy atom. The van der Waals surface area contributed by atoms with Crippen LogP contribution in [0.4, 0.5) is 0 Å². The fourth-order valence-electron chi connectivity index (χ4n) is 2.89. The Morgan fingerprint density at radius 2 is 1.62 bits per heavy atom. The summed E-state index contributed by atoms with van der Waals surface area (Å²) in [6.45, 7) is 0. The van der Waals surface area contributed by atoms with Gasteiger partial charge in [0.25, 0.3) is 11.8 Å². The maximum absolute atomic E-state index is 11.4. The number of hydroxylamine groups is 2. The molecule has 2 amide bonds. The van der Waals surface area contributed by atoms with Crippen molar-refractivity contribution in [3.8, 4) is 0 Å². The number of hydrogen-bond acceptors (Lipinski definition) is 3. The largest absolute Gasteiger partial charge is 0.278 e. The van der Waals surface area contributed by atoms with Crippen LogP contribution in [0.15, 0.2) is 12.2 Å². The van der Waals surface area contributed by atoms with Crippen LogP contribution in [-0.4, -0.2) is 22.1 Å². The molecular formula is C9H9NO3. The van der Waals surface area contributed by atoms with E-state index in [-0.39, 0.29) is 23.7 Å². The monoisotopic (exact) mass is 179 g/mol. The minimum atomic E-state index is -0.410. The summed E-state index contributed by atoms with van der Waals surface area (Å²) >= 11 is 0. The average Bonchev–Trinajstić information content (AvgIpc) is 2.76. The number of rotatable bonds is 0. The predicted octanol–water partition coefficient (Wildman–Crippen LogP) is 0.183. The number of imide groups is 1. The summed E-state index contributed by atoms with van der Waals surface area (Å²) in [6, 6.07) is 0. The fourth-order valence-corrected chi connectivity index (χ4v) is 2.89. The first-order valence-electron chi connectivity index (χ1n) is 4.45. The SMILES string of the molecule is O=C1[C@@H]2[C@H](C(=O)N1O)[C@@H]1C=C[C@H]2C1. The molecule has 0 aromatic rings. The van der Waals surface area contributed by atoms with Gasteiger partial charge in [-0.3, -0.25) is 14.8 Å². The molecule has 68 valence electrons. The number of hydrogen-bond donors (Lipinski definition) is 1. The van der Waals surface area contributed by atoms with Crippen molar-refractivity contribution in [1.29, 1.82) is 0 Å². The lowest BCUT2D eigenvalue weighted by Crippen LogP contribution is -2.29. The van der Waals surface area contributed by atoms with E-state index in [0.29, 0.717) is 5.06 Å². The summed E-state index contributed by atoms with van der Waals surface area (Å²) in [7, 11) is 0. The smallest absolute Gasteiger partial charge is 0.257 e. The molecule has 4 atom stereocenters. The van der Waals surface area contributed by atoms with E-state index in [1.54, 1.807) is 0 Å². The van der Waals surface area contributed by atoms with E-state index in [2.05, 4.69) is 0 Å². The summed E-state index contributed by atoms with van der Waals surface area (Å²) in [6.07, 6.45) is 4.90. The minimum absolute atomic E-state index is 0.184. The molecule has 0 aromatic heterocycles. The van der Waals surface area contributed by atoms with Crippen molar-refractivity contribution in [2.75, 3.05) is 0 Å². The molecule has 3 aliphatic rings. The number of carbonyl (C=O) groups is 2. The number of carbonyl (C=O) groups excluding carboxylic acids is 2. The average molecular weight is 179 g/mol. The Balaban J connectivity index is 2.08. The van der Waals surface area contributed by atoms with Gasteiger partial charge >= 0.3 is 0 Å². The van der Waals surface area contributed by atoms with Gasteiger partial charge in [-0.25, -0.2) is 0 Å². The van der Waals surface area contributed by atoms with Crippen molar-refractivity contribution in [2.24, 2.45) is 23.7 Å². The van der Waals surface area contributed by atoms with Crippen LogP contribution in [0.25, 0.3) is 0 Å². The zero-order valence-electron chi connectivity index (χ0n) is 6.88. The van der Waals surface area contributed by atoms with Gasteiger partial charge in [0.15, 0.2) is 0 Å². The highest BCUT2D eigenvalue weighted by Gasteiger charge is 2.59. The van der Waals surface area contributed by atoms with Crippen molar-refractivity contribution in [1.82, 2.24) is 5.06 Å². The number of fused-ring (bicyclic) bond motifs is 5. The molecule has 1 saturated heterocycles. The molecule has 2 fully saturated rings. The molecule has 0 spiro atoms. The van der Waals surface area contributed by atoms with Crippen LogP contribution in [-0.2, 0) is 9.59 Å². The lowest BCUT2D eigenvalue weighted by atomic mass is 9.85. The van der Waals surface area contributed by atoms with Crippen molar-refractivity contribution in [2.45, 2.75) is 6.42 Å². The van der Waals surface area contributed by atoms with Gasteiger partial charge in [-0.05, 0) is 18.3 Å². The summed E-state index contributed by atoms with van der Waals surface area (Å²) < 4.78 is 0. The van der Waals surface area contributed by atoms with Crippen molar-refractivity contribution >= 4 is 11.8 Å². The summed E-state index contributed by atoms with van der Waals surface area (Å²) in [4.78, 5) is 22.8. The van der Waals surface area contributed by atoms with Crippen molar-refractivity contribution in [3.63, 3.8) is 0 Å². The van der Waals surface area contributed by atoms with Gasteiger partial charge in [-0.2, -0.15) is 5.06 Å². The van der Waals surface area contributed by atoms with Gasteiger partial charge in [-0.15, -0.1) is 0 Å². The molecule has 1 N–H and O–H groups in total. The summed E-state index contributed by atoms with van der Waals surface area (Å²) in [5.74, 6) is -0.995. The molecule has 1 aliphatic heterocycles. The first kappa shape index (κ1) is 7.26. The number of nitrogens with zero attached hydrogens (tertiary/aromatic N) is 1. The minimum Gasteiger partial charge on any atom is -0.278 e. The normalized spacial score (nSPS) is 46.4. The Bertz CT molecular complexity index is 306. The highest BCUT2D eigenvalue weighted by atomic mass is 16.5. The second-order valence-electron chi connectivity index (χ2n) is 3.99. The van der Waals surface area contributed by atoms with E-state index < -0.39 is 11.8 Å². The third kappa shape index (κ3) is 0.659. The summed E-state index contributed by atoms with van der Waals surface area (Å²) in [5.41, 5.74) is 0. The molecular weight excluding hydrogens is 170 g/mol. The molecule has 0 aromatic carbocycles. The highest BCUT2D eigenvalue weighted by molar-refractivity contribution is 6.05. The van der Waals surface area contributed by atoms with Gasteiger partial charge in [0, 0.05) is 0 Å². The first-order valence-corrected chi connectivity index (χ1v) is 4.45. The van der Waals surface area contributed by atoms with Gasteiger partial charge < -0.3 is 0 Å². The Kier molecular flexibility index (Phi) is 1.12. The quantitative estimate of drug-likeness (QED) is 0.328. The molecule has 0 radical (unpaired) electrons. The van der Waals surface area contributed by atoms with E-state index in [1.807, 2.05) is 12.2 Å². The summed E-state index contributed by atoms with van der Waals surface area (Å²) in [5, 5.41) is 9.45. The standard InChI is InChI=1S/C9H9NO3/c11-8-6-4-1-2-5(3-4)7(6)9(12)10(8)13/h1-2,4-7,13H,3H2/t4-,5+,6-,7+. The Labute approximate surface area is 74.8 Å². The first-order chi connectivity index (χ1) is 6.20. The molecule has 13 heavy (non-hydrogen) atoms. The van der Waals surface area contributed by atoms with Crippen molar-refractivity contribution in [3.05, 3.63) is 12.2 Å². The van der Waals surface area contributed by atoms with Gasteiger partial charge in [0.2, 0.25) is 0 Å². The lowest BCUT2D eigenvalue weighted by Gasteiger charge is -2.13. The van der Waals surface area contributed by atoms with Crippen LogP contribution < -0.4 is 0 Å². The third-order valence-electron chi connectivity index (χ3n) is 3.45. The molecule has 4 nitrogen and oxygen atoms in total. The Morgan fingerprint density at radius 1 is 1.15 bits per heavy atom. The lowest BCUT2D eigenvalue weighted by molar-refractivity contribution is -0.173. The molecule has 2 bridgehead atoms. The van der Waals surface area contributed by atoms with Gasteiger partial charge in [0.1, 0.15) is 0 Å². The maximum Gasteiger partial charge on any atom is 0.257 e. The van der Waals surface area contributed by atoms with E-state index in [4.69, 9.17) is 5.21 Å². The molecule has 1 saturated carbocycles. The topological polar surface area (TPSA) is 57.6 Å². The van der Waals surface area contributed by atoms with Gasteiger partial charge in [-0.1, -0.05) is 12.2 Å². The maximum atomic E-state index is 11.4. The number of allylic oxidation sites excluding steroid dienone is 2. The van der Waals surface area contributed by atoms with Crippen LogP contribution in [0, 0.1) is 23.7 Å². The van der Waals surface area contributed by atoms with Crippen LogP contribution in [0.1, 0.15) is 6.42 Å². The van der Waals surface area contributed by atoms with Gasteiger partial charge in [0.05, 0.1) is 11.8 Å². The zero-order valence-corrected chi connectivity index (χ0v) is 6.88. The predicted molar refractivity (Wildman–Crippen MR) is 41.4 cm³/mol. The van der Waals surface area contributed by atoms with E-state index in [0.717, 1.165) is 6.42 Å². The Hall–Kier alpha value is -1.16. The van der Waals surface area contributed by atoms with Crippen LogP contribution >= 0.6 is 0 Å². The van der Waals surface area contributed by atoms with Crippen molar-refractivity contribution < 1.29 is 14.8 Å². The highest BCUT2D eigenvalue weighted by Crippen LogP contribution is 2.51. The second-order valence-corrected chi connectivity index (χ2v) is 3.99. The molecule has 2 aliphatic carbocycles.